The van der Waals surface area contributed by atoms with Crippen LogP contribution < -0.4 is 4.74 Å². The van der Waals surface area contributed by atoms with E-state index >= 15 is 0 Å². The minimum absolute atomic E-state index is 0.0954. The Kier molecular flexibility index (Phi) is 8.05. The second-order valence-corrected chi connectivity index (χ2v) is 10.5. The molecule has 0 aromatic heterocycles. The first-order chi connectivity index (χ1) is 18.1. The molecular formula is C31H34FNO5. The Morgan fingerprint density at radius 3 is 2.13 bits per heavy atom. The first-order valence-corrected chi connectivity index (χ1v) is 12.7. The van der Waals surface area contributed by atoms with Gasteiger partial charge in [0, 0.05) is 13.0 Å². The molecule has 1 amide bonds. The smallest absolute Gasteiger partial charge is 0.410 e. The molecule has 0 radical (unpaired) electrons. The third kappa shape index (κ3) is 5.98. The van der Waals surface area contributed by atoms with Crippen molar-refractivity contribution in [1.82, 2.24) is 4.90 Å². The van der Waals surface area contributed by atoms with E-state index in [0.29, 0.717) is 12.0 Å². The highest BCUT2D eigenvalue weighted by molar-refractivity contribution is 5.82. The average Bonchev–Trinajstić information content (AvgIpc) is 3.20. The number of halogens is 1. The number of hydrogen-bond acceptors (Lipinski definition) is 5. The summed E-state index contributed by atoms with van der Waals surface area (Å²) in [4.78, 5) is 27.6. The lowest BCUT2D eigenvalue weighted by Gasteiger charge is -2.30. The average molecular weight is 520 g/mol. The molecule has 38 heavy (non-hydrogen) atoms. The van der Waals surface area contributed by atoms with Crippen LogP contribution in [-0.2, 0) is 20.7 Å². The number of esters is 1. The third-order valence-corrected chi connectivity index (χ3v) is 6.69. The van der Waals surface area contributed by atoms with Crippen LogP contribution in [0.15, 0.2) is 66.7 Å². The van der Waals surface area contributed by atoms with Gasteiger partial charge in [-0.2, -0.15) is 0 Å². The van der Waals surface area contributed by atoms with E-state index in [0.717, 1.165) is 22.3 Å². The van der Waals surface area contributed by atoms with E-state index in [1.54, 1.807) is 32.9 Å². The molecule has 3 aromatic rings. The molecular weight excluding hydrogens is 485 g/mol. The highest BCUT2D eigenvalue weighted by Crippen LogP contribution is 2.44. The largest absolute Gasteiger partial charge is 0.494 e. The van der Waals surface area contributed by atoms with Crippen LogP contribution in [0.2, 0.25) is 0 Å². The number of ether oxygens (including phenoxy) is 3. The van der Waals surface area contributed by atoms with Gasteiger partial charge >= 0.3 is 12.1 Å². The predicted octanol–water partition coefficient (Wildman–Crippen LogP) is 6.36. The molecule has 1 aliphatic carbocycles. The number of carbonyl (C=O) groups is 2. The third-order valence-electron chi connectivity index (χ3n) is 6.69. The van der Waals surface area contributed by atoms with Gasteiger partial charge < -0.3 is 14.2 Å². The normalized spacial score (nSPS) is 13.3. The fourth-order valence-corrected chi connectivity index (χ4v) is 4.83. The summed E-state index contributed by atoms with van der Waals surface area (Å²) in [5.41, 5.74) is 4.43. The maximum atomic E-state index is 14.2. The highest BCUT2D eigenvalue weighted by atomic mass is 19.1. The van der Waals surface area contributed by atoms with Gasteiger partial charge in [0.05, 0.1) is 7.11 Å². The van der Waals surface area contributed by atoms with Crippen LogP contribution in [0, 0.1) is 5.82 Å². The zero-order chi connectivity index (χ0) is 27.4. The van der Waals surface area contributed by atoms with Gasteiger partial charge in [-0.05, 0) is 73.6 Å². The quantitative estimate of drug-likeness (QED) is 0.324. The van der Waals surface area contributed by atoms with Crippen LogP contribution >= 0.6 is 0 Å². The number of fused-ring (bicyclic) bond motifs is 3. The fraction of sp³-hybridized carbons (Fsp3) is 0.355. The molecule has 200 valence electrons. The minimum Gasteiger partial charge on any atom is -0.494 e. The molecule has 0 spiro atoms. The van der Waals surface area contributed by atoms with Crippen LogP contribution in [0.5, 0.6) is 5.75 Å². The first-order valence-electron chi connectivity index (χ1n) is 12.7. The van der Waals surface area contributed by atoms with Crippen LogP contribution in [0.25, 0.3) is 11.1 Å². The Labute approximate surface area is 223 Å². The van der Waals surface area contributed by atoms with E-state index in [4.69, 9.17) is 14.2 Å². The number of amides is 1. The molecule has 1 aliphatic rings. The molecule has 0 saturated heterocycles. The number of nitrogens with zero attached hydrogens (tertiary/aromatic N) is 1. The summed E-state index contributed by atoms with van der Waals surface area (Å²) in [6.45, 7) is 5.46. The number of hydrogen-bond donors (Lipinski definition) is 0. The van der Waals surface area contributed by atoms with Gasteiger partial charge in [0.2, 0.25) is 0 Å². The SMILES string of the molecule is COc1ccc(CCC(C(=O)OC(C)(C)C)N(C)C(=O)OCC2c3ccccc3-c3ccccc32)cc1F. The molecule has 7 heteroatoms. The van der Waals surface area contributed by atoms with Crippen molar-refractivity contribution in [3.63, 3.8) is 0 Å². The molecule has 3 aromatic carbocycles. The summed E-state index contributed by atoms with van der Waals surface area (Å²) in [5, 5.41) is 0. The topological polar surface area (TPSA) is 65.1 Å². The predicted molar refractivity (Wildman–Crippen MR) is 144 cm³/mol. The number of aryl methyl sites for hydroxylation is 1. The van der Waals surface area contributed by atoms with E-state index < -0.39 is 29.5 Å². The lowest BCUT2D eigenvalue weighted by Crippen LogP contribution is -2.46. The Morgan fingerprint density at radius 2 is 1.58 bits per heavy atom. The standard InChI is InChI=1S/C31H34FNO5/c1-31(2,3)38-29(34)27(16-14-20-15-17-28(36-5)26(32)18-20)33(4)30(35)37-19-25-23-12-8-6-10-21(23)22-11-7-9-13-24(22)25/h6-13,15,17-18,25,27H,14,16,19H2,1-5H3. The maximum Gasteiger partial charge on any atom is 0.410 e. The molecule has 0 fully saturated rings. The second kappa shape index (κ2) is 11.3. The summed E-state index contributed by atoms with van der Waals surface area (Å²) in [7, 11) is 2.93. The second-order valence-electron chi connectivity index (χ2n) is 10.5. The van der Waals surface area contributed by atoms with Gasteiger partial charge in [-0.1, -0.05) is 54.6 Å². The Morgan fingerprint density at radius 1 is 0.974 bits per heavy atom. The monoisotopic (exact) mass is 519 g/mol. The van der Waals surface area contributed by atoms with E-state index in [2.05, 4.69) is 24.3 Å². The Bertz CT molecular complexity index is 1270. The minimum atomic E-state index is -0.907. The van der Waals surface area contributed by atoms with Crippen molar-refractivity contribution in [3.05, 3.63) is 89.2 Å². The van der Waals surface area contributed by atoms with E-state index in [1.807, 2.05) is 24.3 Å². The lowest BCUT2D eigenvalue weighted by atomic mass is 9.98. The molecule has 0 N–H and O–H groups in total. The number of rotatable bonds is 8. The molecule has 1 unspecified atom stereocenters. The summed E-state index contributed by atoms with van der Waals surface area (Å²) >= 11 is 0. The Balaban J connectivity index is 1.48. The number of carbonyl (C=O) groups excluding carboxylic acids is 2. The molecule has 0 saturated carbocycles. The maximum absolute atomic E-state index is 14.2. The van der Waals surface area contributed by atoms with Crippen LogP contribution in [0.4, 0.5) is 9.18 Å². The molecule has 0 heterocycles. The lowest BCUT2D eigenvalue weighted by molar-refractivity contribution is -0.160. The number of methoxy groups -OCH3 is 1. The van der Waals surface area contributed by atoms with Gasteiger partial charge in [-0.3, -0.25) is 4.90 Å². The van der Waals surface area contributed by atoms with Crippen LogP contribution in [0.1, 0.15) is 49.8 Å². The van der Waals surface area contributed by atoms with Gasteiger partial charge in [-0.25, -0.2) is 14.0 Å². The van der Waals surface area contributed by atoms with Crippen molar-refractivity contribution in [3.8, 4) is 16.9 Å². The zero-order valence-corrected chi connectivity index (χ0v) is 22.5. The van der Waals surface area contributed by atoms with Crippen molar-refractivity contribution < 1.29 is 28.2 Å². The highest BCUT2D eigenvalue weighted by Gasteiger charge is 2.34. The van der Waals surface area contributed by atoms with E-state index in [9.17, 15) is 14.0 Å². The summed E-state index contributed by atoms with van der Waals surface area (Å²) in [6, 6.07) is 19.9. The van der Waals surface area contributed by atoms with Gasteiger partial charge in [0.15, 0.2) is 11.6 Å². The number of likely N-dealkylation sites (N-methyl/N-ethyl adjacent to an activating group) is 1. The van der Waals surface area contributed by atoms with Crippen molar-refractivity contribution in [1.29, 1.82) is 0 Å². The van der Waals surface area contributed by atoms with E-state index in [-0.39, 0.29) is 24.7 Å². The fourth-order valence-electron chi connectivity index (χ4n) is 4.83. The van der Waals surface area contributed by atoms with Gasteiger partial charge in [-0.15, -0.1) is 0 Å². The van der Waals surface area contributed by atoms with Crippen LogP contribution in [0.3, 0.4) is 0 Å². The van der Waals surface area contributed by atoms with Gasteiger partial charge in [0.25, 0.3) is 0 Å². The van der Waals surface area contributed by atoms with E-state index in [1.165, 1.54) is 25.1 Å². The van der Waals surface area contributed by atoms with Crippen LogP contribution in [-0.4, -0.2) is 49.4 Å². The van der Waals surface area contributed by atoms with Crippen molar-refractivity contribution in [2.24, 2.45) is 0 Å². The summed E-state index contributed by atoms with van der Waals surface area (Å²) in [6.07, 6.45) is -0.0312. The summed E-state index contributed by atoms with van der Waals surface area (Å²) < 4.78 is 30.6. The zero-order valence-electron chi connectivity index (χ0n) is 22.5. The van der Waals surface area contributed by atoms with Crippen molar-refractivity contribution >= 4 is 12.1 Å². The Hall–Kier alpha value is -3.87. The molecule has 1 atom stereocenters. The summed E-state index contributed by atoms with van der Waals surface area (Å²) in [5.74, 6) is -0.971. The molecule has 6 nitrogen and oxygen atoms in total. The molecule has 0 aliphatic heterocycles. The molecule has 0 bridgehead atoms. The van der Waals surface area contributed by atoms with Crippen molar-refractivity contribution in [2.45, 2.75) is 51.2 Å². The van der Waals surface area contributed by atoms with Gasteiger partial charge in [0.1, 0.15) is 18.2 Å². The first kappa shape index (κ1) is 27.2. The molecule has 4 rings (SSSR count). The van der Waals surface area contributed by atoms with Crippen molar-refractivity contribution in [2.75, 3.05) is 20.8 Å². The number of benzene rings is 3.